The van der Waals surface area contributed by atoms with Crippen molar-refractivity contribution >= 4 is 17.4 Å². The smallest absolute Gasteiger partial charge is 0.149 e. The summed E-state index contributed by atoms with van der Waals surface area (Å²) in [6.07, 6.45) is 6.40. The van der Waals surface area contributed by atoms with Gasteiger partial charge in [0.1, 0.15) is 16.6 Å². The van der Waals surface area contributed by atoms with Gasteiger partial charge in [-0.15, -0.1) is 0 Å². The minimum Gasteiger partial charge on any atom is -0.383 e. The Hall–Kier alpha value is -1.66. The lowest BCUT2D eigenvalue weighted by Crippen LogP contribution is -2.30. The largest absolute Gasteiger partial charge is 0.383 e. The zero-order chi connectivity index (χ0) is 13.2. The van der Waals surface area contributed by atoms with Crippen LogP contribution in [-0.2, 0) is 12.6 Å². The average molecular weight is 268 g/mol. The first-order valence-electron chi connectivity index (χ1n) is 5.40. The number of aromatic nitrogens is 4. The van der Waals surface area contributed by atoms with E-state index in [-0.39, 0.29) is 6.54 Å². The Morgan fingerprint density at radius 1 is 1.44 bits per heavy atom. The fraction of sp³-hybridized carbons (Fsp3) is 0.364. The molecule has 6 nitrogen and oxygen atoms in total. The standard InChI is InChI=1S/C11H14ClN5O/c1-11(18,8-3-15-17(2)6-8)7-14-10-5-13-4-9(12)16-10/h3-6,18H,7H2,1-2H3,(H,14,16)/t11-/m1/s1. The van der Waals surface area contributed by atoms with E-state index in [1.807, 2.05) is 0 Å². The number of anilines is 1. The zero-order valence-electron chi connectivity index (χ0n) is 10.1. The molecule has 0 spiro atoms. The fourth-order valence-corrected chi connectivity index (χ4v) is 1.64. The van der Waals surface area contributed by atoms with E-state index in [9.17, 15) is 5.11 Å². The van der Waals surface area contributed by atoms with Gasteiger partial charge in [-0.25, -0.2) is 4.98 Å². The highest BCUT2D eigenvalue weighted by Gasteiger charge is 2.24. The average Bonchev–Trinajstić information content (AvgIpc) is 2.74. The summed E-state index contributed by atoms with van der Waals surface area (Å²) in [4.78, 5) is 7.94. The van der Waals surface area contributed by atoms with Crippen molar-refractivity contribution in [1.29, 1.82) is 0 Å². The Morgan fingerprint density at radius 3 is 2.83 bits per heavy atom. The van der Waals surface area contributed by atoms with Crippen LogP contribution in [0.25, 0.3) is 0 Å². The van der Waals surface area contributed by atoms with Crippen molar-refractivity contribution in [3.05, 3.63) is 35.5 Å². The van der Waals surface area contributed by atoms with E-state index in [4.69, 9.17) is 11.6 Å². The Bertz CT molecular complexity index is 540. The number of aryl methyl sites for hydroxylation is 1. The molecule has 2 rings (SSSR count). The molecule has 0 aliphatic rings. The topological polar surface area (TPSA) is 75.9 Å². The molecule has 0 aromatic carbocycles. The minimum absolute atomic E-state index is 0.285. The molecule has 2 heterocycles. The Labute approximate surface area is 110 Å². The predicted molar refractivity (Wildman–Crippen MR) is 68.3 cm³/mol. The van der Waals surface area contributed by atoms with Crippen molar-refractivity contribution < 1.29 is 5.11 Å². The SMILES string of the molecule is Cn1cc([C@](C)(O)CNc2cncc(Cl)n2)cn1. The van der Waals surface area contributed by atoms with Crippen LogP contribution in [0.2, 0.25) is 5.15 Å². The second-order valence-corrected chi connectivity index (χ2v) is 4.64. The Morgan fingerprint density at radius 2 is 2.22 bits per heavy atom. The van der Waals surface area contributed by atoms with Crippen molar-refractivity contribution in [3.63, 3.8) is 0 Å². The highest BCUT2D eigenvalue weighted by Crippen LogP contribution is 2.20. The number of nitrogens with one attached hydrogen (secondary N) is 1. The summed E-state index contributed by atoms with van der Waals surface area (Å²) in [5.74, 6) is 0.520. The summed E-state index contributed by atoms with van der Waals surface area (Å²) in [5.41, 5.74) is -0.314. The maximum Gasteiger partial charge on any atom is 0.149 e. The van der Waals surface area contributed by atoms with Crippen molar-refractivity contribution in [1.82, 2.24) is 19.7 Å². The lowest BCUT2D eigenvalue weighted by molar-refractivity contribution is 0.0713. The molecule has 0 fully saturated rings. The van der Waals surface area contributed by atoms with Gasteiger partial charge in [0.25, 0.3) is 0 Å². The third kappa shape index (κ3) is 2.96. The van der Waals surface area contributed by atoms with Crippen LogP contribution < -0.4 is 5.32 Å². The van der Waals surface area contributed by atoms with Gasteiger partial charge in [0.15, 0.2) is 0 Å². The van der Waals surface area contributed by atoms with E-state index in [0.29, 0.717) is 11.0 Å². The van der Waals surface area contributed by atoms with Crippen molar-refractivity contribution in [2.45, 2.75) is 12.5 Å². The Balaban J connectivity index is 2.05. The predicted octanol–water partition coefficient (Wildman–Crippen LogP) is 1.18. The van der Waals surface area contributed by atoms with E-state index in [1.54, 1.807) is 37.2 Å². The van der Waals surface area contributed by atoms with Crippen molar-refractivity contribution in [3.8, 4) is 0 Å². The molecular formula is C11H14ClN5O. The van der Waals surface area contributed by atoms with Crippen LogP contribution in [0.15, 0.2) is 24.8 Å². The van der Waals surface area contributed by atoms with Gasteiger partial charge in [-0.3, -0.25) is 9.67 Å². The molecule has 2 aromatic rings. The van der Waals surface area contributed by atoms with Gasteiger partial charge in [-0.1, -0.05) is 11.6 Å². The summed E-state index contributed by atoms with van der Waals surface area (Å²) in [7, 11) is 1.80. The molecule has 18 heavy (non-hydrogen) atoms. The zero-order valence-corrected chi connectivity index (χ0v) is 10.9. The van der Waals surface area contributed by atoms with Gasteiger partial charge in [-0.2, -0.15) is 5.10 Å². The third-order valence-corrected chi connectivity index (χ3v) is 2.73. The first kappa shape index (κ1) is 12.8. The van der Waals surface area contributed by atoms with Gasteiger partial charge >= 0.3 is 0 Å². The molecule has 0 unspecified atom stereocenters. The monoisotopic (exact) mass is 267 g/mol. The molecule has 0 bridgehead atoms. The Kier molecular flexibility index (Phi) is 3.49. The number of halogens is 1. The molecule has 0 saturated carbocycles. The van der Waals surface area contributed by atoms with Gasteiger partial charge in [0, 0.05) is 25.4 Å². The van der Waals surface area contributed by atoms with E-state index in [1.165, 1.54) is 6.20 Å². The maximum absolute atomic E-state index is 10.3. The number of nitrogens with zero attached hydrogens (tertiary/aromatic N) is 4. The van der Waals surface area contributed by atoms with Gasteiger partial charge < -0.3 is 10.4 Å². The van der Waals surface area contributed by atoms with Crippen LogP contribution in [0.4, 0.5) is 5.82 Å². The fourth-order valence-electron chi connectivity index (χ4n) is 1.49. The summed E-state index contributed by atoms with van der Waals surface area (Å²) >= 11 is 5.73. The molecule has 0 saturated heterocycles. The van der Waals surface area contributed by atoms with Gasteiger partial charge in [-0.05, 0) is 6.92 Å². The van der Waals surface area contributed by atoms with Crippen LogP contribution in [0, 0.1) is 0 Å². The summed E-state index contributed by atoms with van der Waals surface area (Å²) in [6.45, 7) is 1.99. The maximum atomic E-state index is 10.3. The van der Waals surface area contributed by atoms with E-state index in [2.05, 4.69) is 20.4 Å². The molecule has 1 atom stereocenters. The molecular weight excluding hydrogens is 254 g/mol. The first-order valence-corrected chi connectivity index (χ1v) is 5.78. The van der Waals surface area contributed by atoms with Crippen LogP contribution in [0.5, 0.6) is 0 Å². The molecule has 0 radical (unpaired) electrons. The highest BCUT2D eigenvalue weighted by molar-refractivity contribution is 6.29. The van der Waals surface area contributed by atoms with Gasteiger partial charge in [0.05, 0.1) is 18.6 Å². The van der Waals surface area contributed by atoms with Crippen LogP contribution >= 0.6 is 11.6 Å². The third-order valence-electron chi connectivity index (χ3n) is 2.55. The quantitative estimate of drug-likeness (QED) is 0.870. The van der Waals surface area contributed by atoms with Crippen LogP contribution in [0.1, 0.15) is 12.5 Å². The van der Waals surface area contributed by atoms with E-state index >= 15 is 0 Å². The van der Waals surface area contributed by atoms with Crippen molar-refractivity contribution in [2.75, 3.05) is 11.9 Å². The van der Waals surface area contributed by atoms with E-state index < -0.39 is 5.60 Å². The molecule has 96 valence electrons. The van der Waals surface area contributed by atoms with Crippen LogP contribution in [0.3, 0.4) is 0 Å². The molecule has 0 aliphatic carbocycles. The number of rotatable bonds is 4. The highest BCUT2D eigenvalue weighted by atomic mass is 35.5. The molecule has 2 aromatic heterocycles. The van der Waals surface area contributed by atoms with E-state index in [0.717, 1.165) is 5.56 Å². The lowest BCUT2D eigenvalue weighted by Gasteiger charge is -2.22. The number of hydrogen-bond donors (Lipinski definition) is 2. The first-order chi connectivity index (χ1) is 8.47. The lowest BCUT2D eigenvalue weighted by atomic mass is 10.00. The normalized spacial score (nSPS) is 14.2. The molecule has 2 N–H and O–H groups in total. The molecule has 0 amide bonds. The van der Waals surface area contributed by atoms with Crippen molar-refractivity contribution in [2.24, 2.45) is 7.05 Å². The van der Waals surface area contributed by atoms with Gasteiger partial charge in [0.2, 0.25) is 0 Å². The second kappa shape index (κ2) is 4.91. The number of aliphatic hydroxyl groups is 1. The molecule has 0 aliphatic heterocycles. The minimum atomic E-state index is -1.04. The summed E-state index contributed by atoms with van der Waals surface area (Å²) in [5, 5.41) is 17.7. The van der Waals surface area contributed by atoms with Crippen LogP contribution in [-0.4, -0.2) is 31.4 Å². The number of hydrogen-bond acceptors (Lipinski definition) is 5. The molecule has 7 heteroatoms. The second-order valence-electron chi connectivity index (χ2n) is 4.26. The summed E-state index contributed by atoms with van der Waals surface area (Å²) in [6, 6.07) is 0. The summed E-state index contributed by atoms with van der Waals surface area (Å²) < 4.78 is 1.64.